The molecule has 1 aliphatic carbocycles. The Balaban J connectivity index is 2.36. The minimum absolute atomic E-state index is 0.202. The van der Waals surface area contributed by atoms with Crippen molar-refractivity contribution in [2.75, 3.05) is 26.8 Å². The molecule has 1 N–H and O–H groups in total. The Labute approximate surface area is 111 Å². The van der Waals surface area contributed by atoms with E-state index in [1.807, 2.05) is 4.90 Å². The molecule has 1 unspecified atom stereocenters. The third kappa shape index (κ3) is 4.94. The second kappa shape index (κ2) is 8.48. The minimum atomic E-state index is 0.202. The average molecular weight is 256 g/mol. The SMILES string of the molecule is CCC(C)N(CCOC)C(=O)CNC1CCCC1. The molecule has 0 aromatic carbocycles. The van der Waals surface area contributed by atoms with Gasteiger partial charge in [-0.05, 0) is 26.2 Å². The van der Waals surface area contributed by atoms with E-state index in [2.05, 4.69) is 19.2 Å². The van der Waals surface area contributed by atoms with Gasteiger partial charge in [-0.1, -0.05) is 19.8 Å². The van der Waals surface area contributed by atoms with Gasteiger partial charge in [0.25, 0.3) is 0 Å². The smallest absolute Gasteiger partial charge is 0.236 e. The molecule has 0 saturated heterocycles. The lowest BCUT2D eigenvalue weighted by atomic mass is 10.2. The van der Waals surface area contributed by atoms with Gasteiger partial charge in [0.15, 0.2) is 0 Å². The van der Waals surface area contributed by atoms with Crippen molar-refractivity contribution in [2.24, 2.45) is 0 Å². The summed E-state index contributed by atoms with van der Waals surface area (Å²) in [4.78, 5) is 14.1. The molecule has 0 spiro atoms. The molecule has 0 bridgehead atoms. The van der Waals surface area contributed by atoms with Crippen molar-refractivity contribution in [3.63, 3.8) is 0 Å². The number of nitrogens with zero attached hydrogens (tertiary/aromatic N) is 1. The average Bonchev–Trinajstić information content (AvgIpc) is 2.89. The predicted octanol–water partition coefficient (Wildman–Crippen LogP) is 1.79. The highest BCUT2D eigenvalue weighted by molar-refractivity contribution is 5.78. The van der Waals surface area contributed by atoms with Crippen molar-refractivity contribution in [3.8, 4) is 0 Å². The second-order valence-corrected chi connectivity index (χ2v) is 5.20. The molecule has 1 saturated carbocycles. The maximum atomic E-state index is 12.2. The summed E-state index contributed by atoms with van der Waals surface area (Å²) in [5.41, 5.74) is 0. The maximum absolute atomic E-state index is 12.2. The Kier molecular flexibility index (Phi) is 7.28. The van der Waals surface area contributed by atoms with Crippen LogP contribution in [0.4, 0.5) is 0 Å². The van der Waals surface area contributed by atoms with Gasteiger partial charge in [0.05, 0.1) is 13.2 Å². The summed E-state index contributed by atoms with van der Waals surface area (Å²) in [5, 5.41) is 3.39. The quantitative estimate of drug-likeness (QED) is 0.720. The first kappa shape index (κ1) is 15.4. The molecular formula is C14H28N2O2. The molecule has 1 aliphatic rings. The minimum Gasteiger partial charge on any atom is -0.383 e. The van der Waals surface area contributed by atoms with Crippen molar-refractivity contribution in [1.82, 2.24) is 10.2 Å². The number of carbonyl (C=O) groups excluding carboxylic acids is 1. The molecule has 4 heteroatoms. The monoisotopic (exact) mass is 256 g/mol. The third-order valence-corrected chi connectivity index (χ3v) is 3.88. The molecular weight excluding hydrogens is 228 g/mol. The van der Waals surface area contributed by atoms with Crippen LogP contribution in [0.25, 0.3) is 0 Å². The predicted molar refractivity (Wildman–Crippen MR) is 73.6 cm³/mol. The van der Waals surface area contributed by atoms with Crippen LogP contribution in [0.2, 0.25) is 0 Å². The van der Waals surface area contributed by atoms with E-state index in [0.29, 0.717) is 25.7 Å². The van der Waals surface area contributed by atoms with Gasteiger partial charge < -0.3 is 15.0 Å². The molecule has 106 valence electrons. The van der Waals surface area contributed by atoms with E-state index >= 15 is 0 Å². The Morgan fingerprint density at radius 2 is 2.11 bits per heavy atom. The zero-order valence-corrected chi connectivity index (χ0v) is 12.1. The number of hydrogen-bond acceptors (Lipinski definition) is 3. The van der Waals surface area contributed by atoms with E-state index in [0.717, 1.165) is 6.42 Å². The zero-order chi connectivity index (χ0) is 13.4. The second-order valence-electron chi connectivity index (χ2n) is 5.20. The number of nitrogens with one attached hydrogen (secondary N) is 1. The Morgan fingerprint density at radius 3 is 2.67 bits per heavy atom. The summed E-state index contributed by atoms with van der Waals surface area (Å²) in [6.45, 7) is 5.99. The van der Waals surface area contributed by atoms with Crippen LogP contribution in [-0.2, 0) is 9.53 Å². The molecule has 1 fully saturated rings. The summed E-state index contributed by atoms with van der Waals surface area (Å²) in [7, 11) is 1.68. The van der Waals surface area contributed by atoms with Gasteiger partial charge >= 0.3 is 0 Å². The van der Waals surface area contributed by atoms with E-state index in [1.54, 1.807) is 7.11 Å². The van der Waals surface area contributed by atoms with E-state index in [-0.39, 0.29) is 11.9 Å². The standard InChI is InChI=1S/C14H28N2O2/c1-4-12(2)16(9-10-18-3)14(17)11-15-13-7-5-6-8-13/h12-13,15H,4-11H2,1-3H3. The summed E-state index contributed by atoms with van der Waals surface area (Å²) in [6, 6.07) is 0.841. The molecule has 1 amide bonds. The lowest BCUT2D eigenvalue weighted by Crippen LogP contribution is -2.46. The Hall–Kier alpha value is -0.610. The first-order valence-corrected chi connectivity index (χ1v) is 7.20. The summed E-state index contributed by atoms with van der Waals surface area (Å²) >= 11 is 0. The number of hydrogen-bond donors (Lipinski definition) is 1. The number of rotatable bonds is 8. The molecule has 0 aromatic rings. The lowest BCUT2D eigenvalue weighted by Gasteiger charge is -2.29. The van der Waals surface area contributed by atoms with Gasteiger partial charge in [-0.3, -0.25) is 4.79 Å². The maximum Gasteiger partial charge on any atom is 0.236 e. The van der Waals surface area contributed by atoms with Crippen LogP contribution in [0.1, 0.15) is 46.0 Å². The van der Waals surface area contributed by atoms with Crippen LogP contribution < -0.4 is 5.32 Å². The van der Waals surface area contributed by atoms with Crippen molar-refractivity contribution < 1.29 is 9.53 Å². The Morgan fingerprint density at radius 1 is 1.44 bits per heavy atom. The van der Waals surface area contributed by atoms with E-state index in [1.165, 1.54) is 25.7 Å². The van der Waals surface area contributed by atoms with Crippen molar-refractivity contribution in [1.29, 1.82) is 0 Å². The summed E-state index contributed by atoms with van der Waals surface area (Å²) in [6.07, 6.45) is 6.01. The number of amides is 1. The van der Waals surface area contributed by atoms with E-state index in [9.17, 15) is 4.79 Å². The van der Waals surface area contributed by atoms with Crippen molar-refractivity contribution >= 4 is 5.91 Å². The Bertz CT molecular complexity index is 240. The van der Waals surface area contributed by atoms with Gasteiger partial charge in [0.2, 0.25) is 5.91 Å². The molecule has 0 aliphatic heterocycles. The van der Waals surface area contributed by atoms with Crippen LogP contribution in [-0.4, -0.2) is 49.7 Å². The molecule has 0 heterocycles. The highest BCUT2D eigenvalue weighted by Gasteiger charge is 2.20. The number of carbonyl (C=O) groups is 1. The topological polar surface area (TPSA) is 41.6 Å². The number of methoxy groups -OCH3 is 1. The fraction of sp³-hybridized carbons (Fsp3) is 0.929. The molecule has 1 atom stereocenters. The largest absolute Gasteiger partial charge is 0.383 e. The van der Waals surface area contributed by atoms with Gasteiger partial charge in [-0.15, -0.1) is 0 Å². The van der Waals surface area contributed by atoms with Crippen molar-refractivity contribution in [3.05, 3.63) is 0 Å². The van der Waals surface area contributed by atoms with Crippen LogP contribution in [0.15, 0.2) is 0 Å². The van der Waals surface area contributed by atoms with Crippen LogP contribution in [0.5, 0.6) is 0 Å². The first-order valence-electron chi connectivity index (χ1n) is 7.20. The molecule has 0 radical (unpaired) electrons. The van der Waals surface area contributed by atoms with Crippen LogP contribution in [0, 0.1) is 0 Å². The van der Waals surface area contributed by atoms with Crippen LogP contribution >= 0.6 is 0 Å². The van der Waals surface area contributed by atoms with Crippen LogP contribution in [0.3, 0.4) is 0 Å². The number of ether oxygens (including phenoxy) is 1. The zero-order valence-electron chi connectivity index (χ0n) is 12.1. The van der Waals surface area contributed by atoms with Gasteiger partial charge in [0, 0.05) is 25.7 Å². The third-order valence-electron chi connectivity index (χ3n) is 3.88. The summed E-state index contributed by atoms with van der Waals surface area (Å²) in [5.74, 6) is 0.202. The van der Waals surface area contributed by atoms with Gasteiger partial charge in [0.1, 0.15) is 0 Å². The van der Waals surface area contributed by atoms with E-state index < -0.39 is 0 Å². The fourth-order valence-corrected chi connectivity index (χ4v) is 2.46. The van der Waals surface area contributed by atoms with Gasteiger partial charge in [-0.2, -0.15) is 0 Å². The highest BCUT2D eigenvalue weighted by Crippen LogP contribution is 2.17. The van der Waals surface area contributed by atoms with E-state index in [4.69, 9.17) is 4.74 Å². The molecule has 4 nitrogen and oxygen atoms in total. The fourth-order valence-electron chi connectivity index (χ4n) is 2.46. The summed E-state index contributed by atoms with van der Waals surface area (Å²) < 4.78 is 5.08. The normalized spacial score (nSPS) is 17.9. The highest BCUT2D eigenvalue weighted by atomic mass is 16.5. The molecule has 0 aromatic heterocycles. The lowest BCUT2D eigenvalue weighted by molar-refractivity contribution is -0.133. The molecule has 1 rings (SSSR count). The first-order chi connectivity index (χ1) is 8.69. The van der Waals surface area contributed by atoms with Gasteiger partial charge in [-0.25, -0.2) is 0 Å². The van der Waals surface area contributed by atoms with Crippen molar-refractivity contribution in [2.45, 2.75) is 58.0 Å². The molecule has 18 heavy (non-hydrogen) atoms.